The van der Waals surface area contributed by atoms with Crippen LogP contribution in [0.2, 0.25) is 0 Å². The van der Waals surface area contributed by atoms with Gasteiger partial charge < -0.3 is 10.6 Å². The Morgan fingerprint density at radius 1 is 1.45 bits per heavy atom. The van der Waals surface area contributed by atoms with Crippen LogP contribution in [0.3, 0.4) is 0 Å². The van der Waals surface area contributed by atoms with Crippen LogP contribution in [0.1, 0.15) is 20.8 Å². The minimum atomic E-state index is -3.52. The second-order valence-electron chi connectivity index (χ2n) is 4.74. The smallest absolute Gasteiger partial charge is 0.243 e. The molecule has 8 heteroatoms. The third kappa shape index (κ3) is 4.86. The minimum absolute atomic E-state index is 0.155. The standard InChI is InChI=1S/C12H25N5O2S/c1-4-16(5-2)9-11(3)15-20(18,19)12-8-14-17(10-12)7-6-13/h8,10-11,15H,4-7,9,13H2,1-3H3. The summed E-state index contributed by atoms with van der Waals surface area (Å²) in [6.07, 6.45) is 2.85. The number of nitrogens with two attached hydrogens (primary N) is 1. The molecule has 0 aromatic carbocycles. The lowest BCUT2D eigenvalue weighted by atomic mass is 10.3. The molecule has 0 bridgehead atoms. The zero-order valence-electron chi connectivity index (χ0n) is 12.4. The number of sulfonamides is 1. The van der Waals surface area contributed by atoms with Crippen LogP contribution in [-0.2, 0) is 16.6 Å². The van der Waals surface area contributed by atoms with Gasteiger partial charge in [-0.15, -0.1) is 0 Å². The number of rotatable bonds is 9. The number of hydrogen-bond acceptors (Lipinski definition) is 5. The number of nitrogens with one attached hydrogen (secondary N) is 1. The fourth-order valence-electron chi connectivity index (χ4n) is 1.98. The summed E-state index contributed by atoms with van der Waals surface area (Å²) in [5.74, 6) is 0. The molecule has 7 nitrogen and oxygen atoms in total. The van der Waals surface area contributed by atoms with E-state index in [-0.39, 0.29) is 10.9 Å². The van der Waals surface area contributed by atoms with Gasteiger partial charge in [-0.05, 0) is 20.0 Å². The molecule has 0 aliphatic rings. The van der Waals surface area contributed by atoms with E-state index < -0.39 is 10.0 Å². The molecule has 3 N–H and O–H groups in total. The molecule has 116 valence electrons. The van der Waals surface area contributed by atoms with Crippen molar-refractivity contribution in [2.45, 2.75) is 38.3 Å². The summed E-state index contributed by atoms with van der Waals surface area (Å²) in [6.45, 7) is 9.39. The maximum atomic E-state index is 12.2. The molecule has 0 saturated heterocycles. The van der Waals surface area contributed by atoms with E-state index in [0.717, 1.165) is 13.1 Å². The average molecular weight is 303 g/mol. The first-order chi connectivity index (χ1) is 9.42. The van der Waals surface area contributed by atoms with Crippen LogP contribution in [0.25, 0.3) is 0 Å². The second-order valence-corrected chi connectivity index (χ2v) is 6.45. The van der Waals surface area contributed by atoms with E-state index >= 15 is 0 Å². The van der Waals surface area contributed by atoms with Crippen molar-refractivity contribution in [1.29, 1.82) is 0 Å². The van der Waals surface area contributed by atoms with E-state index in [9.17, 15) is 8.42 Å². The molecule has 1 rings (SSSR count). The Kier molecular flexibility index (Phi) is 6.60. The number of aromatic nitrogens is 2. The van der Waals surface area contributed by atoms with Gasteiger partial charge in [-0.2, -0.15) is 5.10 Å². The lowest BCUT2D eigenvalue weighted by molar-refractivity contribution is 0.282. The second kappa shape index (κ2) is 7.72. The first-order valence-corrected chi connectivity index (χ1v) is 8.38. The molecule has 0 aliphatic heterocycles. The van der Waals surface area contributed by atoms with Crippen molar-refractivity contribution in [3.05, 3.63) is 12.4 Å². The van der Waals surface area contributed by atoms with Gasteiger partial charge in [0.15, 0.2) is 0 Å². The zero-order chi connectivity index (χ0) is 15.2. The van der Waals surface area contributed by atoms with Gasteiger partial charge in [-0.25, -0.2) is 13.1 Å². The minimum Gasteiger partial charge on any atom is -0.329 e. The number of likely N-dealkylation sites (N-methyl/N-ethyl adjacent to an activating group) is 1. The molecule has 0 aliphatic carbocycles. The zero-order valence-corrected chi connectivity index (χ0v) is 13.2. The molecule has 0 radical (unpaired) electrons. The molecule has 1 aromatic rings. The van der Waals surface area contributed by atoms with Crippen molar-refractivity contribution in [1.82, 2.24) is 19.4 Å². The first kappa shape index (κ1) is 17.1. The van der Waals surface area contributed by atoms with Crippen molar-refractivity contribution in [2.75, 3.05) is 26.2 Å². The molecule has 0 saturated carbocycles. The first-order valence-electron chi connectivity index (χ1n) is 6.90. The molecule has 1 unspecified atom stereocenters. The SMILES string of the molecule is CCN(CC)CC(C)NS(=O)(=O)c1cnn(CCN)c1. The van der Waals surface area contributed by atoms with Gasteiger partial charge in [0.25, 0.3) is 0 Å². The van der Waals surface area contributed by atoms with E-state index in [2.05, 4.69) is 28.6 Å². The molecule has 0 amide bonds. The maximum absolute atomic E-state index is 12.2. The quantitative estimate of drug-likeness (QED) is 0.662. The van der Waals surface area contributed by atoms with Gasteiger partial charge in [0.05, 0.1) is 12.7 Å². The Labute approximate surface area is 121 Å². The molecule has 0 spiro atoms. The van der Waals surface area contributed by atoms with Gasteiger partial charge in [0.1, 0.15) is 4.90 Å². The van der Waals surface area contributed by atoms with Crippen molar-refractivity contribution >= 4 is 10.0 Å². The van der Waals surface area contributed by atoms with Gasteiger partial charge in [-0.1, -0.05) is 13.8 Å². The van der Waals surface area contributed by atoms with Crippen LogP contribution in [0.15, 0.2) is 17.3 Å². The topological polar surface area (TPSA) is 93.2 Å². The molecular weight excluding hydrogens is 278 g/mol. The van der Waals surface area contributed by atoms with Crippen LogP contribution in [-0.4, -0.2) is 55.3 Å². The van der Waals surface area contributed by atoms with Crippen molar-refractivity contribution in [3.8, 4) is 0 Å². The monoisotopic (exact) mass is 303 g/mol. The third-order valence-electron chi connectivity index (χ3n) is 3.06. The molecule has 1 aromatic heterocycles. The Balaban J connectivity index is 2.68. The maximum Gasteiger partial charge on any atom is 0.243 e. The molecule has 0 fully saturated rings. The van der Waals surface area contributed by atoms with E-state index in [1.807, 2.05) is 6.92 Å². The van der Waals surface area contributed by atoms with Gasteiger partial charge in [0, 0.05) is 25.3 Å². The fraction of sp³-hybridized carbons (Fsp3) is 0.750. The lowest BCUT2D eigenvalue weighted by Crippen LogP contribution is -2.41. The van der Waals surface area contributed by atoms with E-state index in [1.165, 1.54) is 17.1 Å². The summed E-state index contributed by atoms with van der Waals surface area (Å²) < 4.78 is 28.6. The predicted octanol–water partition coefficient (Wildman–Crippen LogP) is -0.150. The van der Waals surface area contributed by atoms with Gasteiger partial charge in [-0.3, -0.25) is 4.68 Å². The van der Waals surface area contributed by atoms with Crippen molar-refractivity contribution in [3.63, 3.8) is 0 Å². The summed E-state index contributed by atoms with van der Waals surface area (Å²) in [4.78, 5) is 2.35. The highest BCUT2D eigenvalue weighted by molar-refractivity contribution is 7.89. The normalized spacial score (nSPS) is 13.8. The van der Waals surface area contributed by atoms with E-state index in [4.69, 9.17) is 5.73 Å². The highest BCUT2D eigenvalue weighted by Gasteiger charge is 2.20. The Morgan fingerprint density at radius 3 is 2.65 bits per heavy atom. The van der Waals surface area contributed by atoms with Crippen LogP contribution < -0.4 is 10.5 Å². The van der Waals surface area contributed by atoms with Crippen LogP contribution in [0, 0.1) is 0 Å². The van der Waals surface area contributed by atoms with Gasteiger partial charge in [0.2, 0.25) is 10.0 Å². The highest BCUT2D eigenvalue weighted by atomic mass is 32.2. The van der Waals surface area contributed by atoms with Gasteiger partial charge >= 0.3 is 0 Å². The summed E-state index contributed by atoms with van der Waals surface area (Å²) in [6, 6.07) is -0.155. The van der Waals surface area contributed by atoms with Crippen LogP contribution >= 0.6 is 0 Å². The predicted molar refractivity (Wildman–Crippen MR) is 78.9 cm³/mol. The van der Waals surface area contributed by atoms with E-state index in [0.29, 0.717) is 19.6 Å². The average Bonchev–Trinajstić information content (AvgIpc) is 2.85. The Morgan fingerprint density at radius 2 is 2.10 bits per heavy atom. The molecule has 20 heavy (non-hydrogen) atoms. The summed E-state index contributed by atoms with van der Waals surface area (Å²) in [5, 5.41) is 3.98. The molecule has 1 atom stereocenters. The highest BCUT2D eigenvalue weighted by Crippen LogP contribution is 2.08. The van der Waals surface area contributed by atoms with E-state index in [1.54, 1.807) is 0 Å². The Bertz CT molecular complexity index is 496. The third-order valence-corrected chi connectivity index (χ3v) is 4.60. The Hall–Kier alpha value is -0.960. The largest absolute Gasteiger partial charge is 0.329 e. The van der Waals surface area contributed by atoms with Crippen LogP contribution in [0.5, 0.6) is 0 Å². The number of hydrogen-bond donors (Lipinski definition) is 2. The van der Waals surface area contributed by atoms with Crippen molar-refractivity contribution < 1.29 is 8.42 Å². The molecule has 1 heterocycles. The summed E-state index contributed by atoms with van der Waals surface area (Å²) >= 11 is 0. The van der Waals surface area contributed by atoms with Crippen molar-refractivity contribution in [2.24, 2.45) is 5.73 Å². The summed E-state index contributed by atoms with van der Waals surface area (Å²) in [7, 11) is -3.52. The fourth-order valence-corrected chi connectivity index (χ4v) is 3.16. The number of nitrogens with zero attached hydrogens (tertiary/aromatic N) is 3. The summed E-state index contributed by atoms with van der Waals surface area (Å²) in [5.41, 5.74) is 5.41. The molecular formula is C12H25N5O2S. The lowest BCUT2D eigenvalue weighted by Gasteiger charge is -2.23. The van der Waals surface area contributed by atoms with Crippen LogP contribution in [0.4, 0.5) is 0 Å².